The molecule has 0 saturated heterocycles. The van der Waals surface area contributed by atoms with E-state index in [4.69, 9.17) is 9.47 Å². The van der Waals surface area contributed by atoms with Crippen LogP contribution in [0.5, 0.6) is 0 Å². The van der Waals surface area contributed by atoms with E-state index < -0.39 is 6.16 Å². The maximum atomic E-state index is 13.5. The molecule has 6 saturated carbocycles. The topological polar surface area (TPSA) is 35.5 Å². The highest BCUT2D eigenvalue weighted by Gasteiger charge is 2.61. The summed E-state index contributed by atoms with van der Waals surface area (Å²) in [5.41, 5.74) is 4.81. The van der Waals surface area contributed by atoms with Crippen molar-refractivity contribution in [3.63, 3.8) is 0 Å². The first kappa shape index (κ1) is 43.4. The first-order valence-corrected chi connectivity index (χ1v) is 25.8. The van der Waals surface area contributed by atoms with Crippen molar-refractivity contribution in [2.24, 2.45) is 92.7 Å². The predicted molar refractivity (Wildman–Crippen MR) is 241 cm³/mol. The van der Waals surface area contributed by atoms with Gasteiger partial charge in [0.15, 0.2) is 0 Å². The van der Waals surface area contributed by atoms with Crippen molar-refractivity contribution in [1.82, 2.24) is 0 Å². The summed E-state index contributed by atoms with van der Waals surface area (Å²) in [4.78, 5) is 13.5. The van der Waals surface area contributed by atoms with Crippen molar-refractivity contribution in [3.05, 3.63) is 23.3 Å². The van der Waals surface area contributed by atoms with Gasteiger partial charge in [-0.05, 0) is 183 Å². The summed E-state index contributed by atoms with van der Waals surface area (Å²) < 4.78 is 12.5. The first-order chi connectivity index (χ1) is 27.6. The van der Waals surface area contributed by atoms with E-state index in [0.29, 0.717) is 10.8 Å². The number of hydrogen-bond donors (Lipinski definition) is 0. The summed E-state index contributed by atoms with van der Waals surface area (Å²) in [5, 5.41) is 0. The lowest BCUT2D eigenvalue weighted by molar-refractivity contribution is -0.0717. The summed E-state index contributed by atoms with van der Waals surface area (Å²) in [7, 11) is 0. The van der Waals surface area contributed by atoms with Crippen LogP contribution >= 0.6 is 0 Å². The minimum absolute atomic E-state index is 0.0343. The molecule has 16 atom stereocenters. The highest BCUT2D eigenvalue weighted by Crippen LogP contribution is 2.69. The van der Waals surface area contributed by atoms with Gasteiger partial charge in [-0.2, -0.15) is 0 Å². The molecule has 0 aromatic carbocycles. The number of rotatable bonds is 12. The standard InChI is InChI=1S/C55H90O3/c1-35(2)13-11-15-37(5)45-21-23-47-43-19-17-39-33-41(25-29-52(39,7)49(43)27-31-54(45,47)9)57-51(56)58-42-26-30-53(8)40(34-42)18-20-44-48-24-22-46(38(6)16-12-14-36(3)4)55(48,10)32-28-50(44)53/h17-18,35-38,41-50H,11-16,19-34H2,1-10H3/t37-,38-,41-,42+,43+,44+,45-,46-,47+,48+,49+,50+,52+,53+,54-,55-/m1/s1. The highest BCUT2D eigenvalue weighted by atomic mass is 16.7. The van der Waals surface area contributed by atoms with Crippen molar-refractivity contribution < 1.29 is 14.3 Å². The zero-order valence-corrected chi connectivity index (χ0v) is 39.5. The van der Waals surface area contributed by atoms with Gasteiger partial charge in [-0.1, -0.05) is 131 Å². The molecule has 0 N–H and O–H groups in total. The van der Waals surface area contributed by atoms with Crippen LogP contribution in [0.25, 0.3) is 0 Å². The second-order valence-electron chi connectivity index (χ2n) is 24.8. The van der Waals surface area contributed by atoms with Gasteiger partial charge < -0.3 is 9.47 Å². The van der Waals surface area contributed by atoms with E-state index in [1.165, 1.54) is 103 Å². The molecule has 58 heavy (non-hydrogen) atoms. The fraction of sp³-hybridized carbons (Fsp3) is 0.909. The Labute approximate surface area is 357 Å². The first-order valence-electron chi connectivity index (χ1n) is 25.8. The van der Waals surface area contributed by atoms with E-state index in [-0.39, 0.29) is 23.0 Å². The van der Waals surface area contributed by atoms with E-state index in [2.05, 4.69) is 81.4 Å². The van der Waals surface area contributed by atoms with E-state index >= 15 is 0 Å². The molecule has 3 heteroatoms. The van der Waals surface area contributed by atoms with E-state index in [9.17, 15) is 4.79 Å². The lowest BCUT2D eigenvalue weighted by atomic mass is 9.47. The number of allylic oxidation sites excluding steroid dienone is 2. The van der Waals surface area contributed by atoms with Crippen LogP contribution in [0.4, 0.5) is 4.79 Å². The zero-order valence-electron chi connectivity index (χ0n) is 39.5. The summed E-state index contributed by atoms with van der Waals surface area (Å²) in [6, 6.07) is 0. The van der Waals surface area contributed by atoms with Gasteiger partial charge in [0.1, 0.15) is 12.2 Å². The quantitative estimate of drug-likeness (QED) is 0.146. The molecule has 0 aromatic heterocycles. The Bertz CT molecular complexity index is 1410. The number of hydrogen-bond acceptors (Lipinski definition) is 3. The molecule has 8 rings (SSSR count). The van der Waals surface area contributed by atoms with Crippen LogP contribution in [0.15, 0.2) is 23.3 Å². The van der Waals surface area contributed by atoms with Crippen molar-refractivity contribution in [1.29, 1.82) is 0 Å². The van der Waals surface area contributed by atoms with Crippen LogP contribution < -0.4 is 0 Å². The van der Waals surface area contributed by atoms with Crippen molar-refractivity contribution in [3.8, 4) is 0 Å². The molecule has 328 valence electrons. The summed E-state index contributed by atoms with van der Waals surface area (Å²) in [5.74, 6) is 10.2. The van der Waals surface area contributed by atoms with E-state index in [1.807, 2.05) is 0 Å². The molecule has 0 radical (unpaired) electrons. The normalized spacial score (nSPS) is 45.4. The third-order valence-electron chi connectivity index (χ3n) is 21.0. The molecule has 0 amide bonds. The predicted octanol–water partition coefficient (Wildman–Crippen LogP) is 16.0. The molecule has 0 bridgehead atoms. The Kier molecular flexibility index (Phi) is 12.6. The molecule has 6 fully saturated rings. The third kappa shape index (κ3) is 7.76. The Morgan fingerprint density at radius 2 is 0.966 bits per heavy atom. The van der Waals surface area contributed by atoms with Crippen LogP contribution in [-0.4, -0.2) is 18.4 Å². The van der Waals surface area contributed by atoms with Crippen LogP contribution in [0.2, 0.25) is 0 Å². The molecule has 3 nitrogen and oxygen atoms in total. The number of ether oxygens (including phenoxy) is 2. The van der Waals surface area contributed by atoms with Gasteiger partial charge in [-0.25, -0.2) is 4.79 Å². The molecule has 0 aliphatic heterocycles. The molecule has 0 spiro atoms. The van der Waals surface area contributed by atoms with Gasteiger partial charge in [0.2, 0.25) is 0 Å². The zero-order chi connectivity index (χ0) is 41.2. The van der Waals surface area contributed by atoms with Crippen LogP contribution in [0.1, 0.15) is 210 Å². The van der Waals surface area contributed by atoms with E-state index in [1.54, 1.807) is 11.1 Å². The fourth-order valence-corrected chi connectivity index (χ4v) is 17.8. The fourth-order valence-electron chi connectivity index (χ4n) is 17.8. The highest BCUT2D eigenvalue weighted by molar-refractivity contribution is 5.60. The number of carbonyl (C=O) groups is 1. The lowest BCUT2D eigenvalue weighted by Crippen LogP contribution is -2.51. The number of fused-ring (bicyclic) bond motifs is 10. The lowest BCUT2D eigenvalue weighted by Gasteiger charge is -2.58. The van der Waals surface area contributed by atoms with Crippen LogP contribution in [0, 0.1) is 92.7 Å². The van der Waals surface area contributed by atoms with Gasteiger partial charge in [0.25, 0.3) is 0 Å². The van der Waals surface area contributed by atoms with Gasteiger partial charge in [0, 0.05) is 12.8 Å². The van der Waals surface area contributed by atoms with Crippen molar-refractivity contribution >= 4 is 6.16 Å². The smallest absolute Gasteiger partial charge is 0.431 e. The monoisotopic (exact) mass is 799 g/mol. The van der Waals surface area contributed by atoms with Crippen LogP contribution in [-0.2, 0) is 9.47 Å². The Morgan fingerprint density at radius 3 is 1.36 bits per heavy atom. The van der Waals surface area contributed by atoms with Crippen LogP contribution in [0.3, 0.4) is 0 Å². The second-order valence-corrected chi connectivity index (χ2v) is 24.8. The summed E-state index contributed by atoms with van der Waals surface area (Å²) in [6.07, 6.45) is 33.3. The van der Waals surface area contributed by atoms with E-state index in [0.717, 1.165) is 110 Å². The average molecular weight is 799 g/mol. The molecule has 0 heterocycles. The molecule has 0 aromatic rings. The molecular formula is C55H90O3. The maximum Gasteiger partial charge on any atom is 0.508 e. The molecule has 8 aliphatic carbocycles. The summed E-state index contributed by atoms with van der Waals surface area (Å²) in [6.45, 7) is 25.3. The molecule has 0 unspecified atom stereocenters. The van der Waals surface area contributed by atoms with Crippen molar-refractivity contribution in [2.45, 2.75) is 223 Å². The van der Waals surface area contributed by atoms with Gasteiger partial charge in [-0.15, -0.1) is 0 Å². The maximum absolute atomic E-state index is 13.5. The third-order valence-corrected chi connectivity index (χ3v) is 21.0. The summed E-state index contributed by atoms with van der Waals surface area (Å²) >= 11 is 0. The Balaban J connectivity index is 0.837. The molecular weight excluding hydrogens is 709 g/mol. The number of carbonyl (C=O) groups excluding carboxylic acids is 1. The minimum Gasteiger partial charge on any atom is -0.431 e. The Hall–Kier alpha value is -1.25. The minimum atomic E-state index is -0.397. The average Bonchev–Trinajstić information content (AvgIpc) is 3.71. The van der Waals surface area contributed by atoms with Gasteiger partial charge >= 0.3 is 6.16 Å². The van der Waals surface area contributed by atoms with Crippen molar-refractivity contribution in [2.75, 3.05) is 0 Å². The Morgan fingerprint density at radius 1 is 0.552 bits per heavy atom. The second kappa shape index (κ2) is 16.8. The van der Waals surface area contributed by atoms with Gasteiger partial charge in [-0.3, -0.25) is 0 Å². The SMILES string of the molecule is CC(C)CCC[C@@H](C)[C@H]1CC[C@H]2[C@@H]3CC=C4C[C@H](OC(=O)O[C@H]5CC[C@@]6(C)C(=CC[C@H]7[C@@H]8CC[C@H]([C@H](C)CCCC(C)C)[C@@]8(C)CC[C@@H]76)C5)CC[C@]4(C)[C@H]3CC[C@]12C. The largest absolute Gasteiger partial charge is 0.508 e. The van der Waals surface area contributed by atoms with Gasteiger partial charge in [0.05, 0.1) is 0 Å². The molecule has 8 aliphatic rings.